The molecule has 0 saturated carbocycles. The van der Waals surface area contributed by atoms with Crippen molar-refractivity contribution in [1.29, 1.82) is 0 Å². The molecule has 1 unspecified atom stereocenters. The van der Waals surface area contributed by atoms with Crippen LogP contribution in [0.1, 0.15) is 11.1 Å². The van der Waals surface area contributed by atoms with Crippen LogP contribution in [0, 0.1) is 6.92 Å². The monoisotopic (exact) mass is 281 g/mol. The Hall–Kier alpha value is -1.85. The summed E-state index contributed by atoms with van der Waals surface area (Å²) in [6.07, 6.45) is 0.147. The molecule has 1 amide bonds. The first-order valence-corrected chi connectivity index (χ1v) is 5.65. The van der Waals surface area contributed by atoms with Crippen molar-refractivity contribution in [2.75, 3.05) is 0 Å². The van der Waals surface area contributed by atoms with Gasteiger partial charge in [-0.05, 0) is 30.5 Å². The average Bonchev–Trinajstić information content (AvgIpc) is 2.30. The fourth-order valence-corrected chi connectivity index (χ4v) is 1.86. The quantitative estimate of drug-likeness (QED) is 0.768. The van der Waals surface area contributed by atoms with Gasteiger partial charge < -0.3 is 16.5 Å². The number of aryl methyl sites for hydroxylation is 1. The molecule has 0 aliphatic rings. The lowest BCUT2D eigenvalue weighted by atomic mass is 10.0. The van der Waals surface area contributed by atoms with E-state index >= 15 is 0 Å². The highest BCUT2D eigenvalue weighted by Crippen LogP contribution is 2.13. The second-order valence-corrected chi connectivity index (χ2v) is 4.43. The minimum Gasteiger partial charge on any atom is -0.368 e. The van der Waals surface area contributed by atoms with Crippen molar-refractivity contribution < 1.29 is 4.79 Å². The standard InChI is InChI=1S/C13H15N3O2.ClH/c1-7-2-3-11-8(4-7)5-9(13(18)16-11)6-10(14)12(15)17;/h2-5,10H,6,14H2,1H3,(H2,15,17)(H,16,18);1H. The molecular formula is C13H16ClN3O2. The highest BCUT2D eigenvalue weighted by atomic mass is 35.5. The van der Waals surface area contributed by atoms with Crippen molar-refractivity contribution in [3.8, 4) is 0 Å². The maximum absolute atomic E-state index is 11.8. The van der Waals surface area contributed by atoms with E-state index in [0.717, 1.165) is 16.5 Å². The van der Waals surface area contributed by atoms with Crippen LogP contribution < -0.4 is 17.0 Å². The van der Waals surface area contributed by atoms with E-state index in [2.05, 4.69) is 4.98 Å². The first-order valence-electron chi connectivity index (χ1n) is 5.65. The van der Waals surface area contributed by atoms with Gasteiger partial charge in [0.05, 0.1) is 6.04 Å². The topological polar surface area (TPSA) is 102 Å². The van der Waals surface area contributed by atoms with Gasteiger partial charge >= 0.3 is 0 Å². The molecule has 0 aliphatic heterocycles. The number of nitrogens with two attached hydrogens (primary N) is 2. The number of nitrogens with one attached hydrogen (secondary N) is 1. The number of aromatic amines is 1. The third kappa shape index (κ3) is 3.33. The Morgan fingerprint density at radius 2 is 2.05 bits per heavy atom. The number of hydrogen-bond acceptors (Lipinski definition) is 3. The van der Waals surface area contributed by atoms with Gasteiger partial charge in [0.25, 0.3) is 5.56 Å². The molecular weight excluding hydrogens is 266 g/mol. The van der Waals surface area contributed by atoms with Crippen LogP contribution in [0.3, 0.4) is 0 Å². The van der Waals surface area contributed by atoms with Crippen molar-refractivity contribution in [2.24, 2.45) is 11.5 Å². The van der Waals surface area contributed by atoms with E-state index in [0.29, 0.717) is 5.56 Å². The average molecular weight is 282 g/mol. The summed E-state index contributed by atoms with van der Waals surface area (Å²) in [6.45, 7) is 1.97. The highest BCUT2D eigenvalue weighted by Gasteiger charge is 2.13. The van der Waals surface area contributed by atoms with Crippen LogP contribution in [0.5, 0.6) is 0 Å². The Balaban J connectivity index is 0.00000180. The summed E-state index contributed by atoms with van der Waals surface area (Å²) in [6, 6.07) is 6.65. The molecule has 2 aromatic rings. The summed E-state index contributed by atoms with van der Waals surface area (Å²) in [7, 11) is 0. The summed E-state index contributed by atoms with van der Waals surface area (Å²) in [5.74, 6) is -0.612. The predicted octanol–water partition coefficient (Wildman–Crippen LogP) is 0.613. The normalized spacial score (nSPS) is 11.9. The van der Waals surface area contributed by atoms with E-state index in [4.69, 9.17) is 11.5 Å². The number of carbonyl (C=O) groups excluding carboxylic acids is 1. The van der Waals surface area contributed by atoms with Gasteiger partial charge in [-0.15, -0.1) is 12.4 Å². The SMILES string of the molecule is Cc1ccc2[nH]c(=O)c(CC(N)C(N)=O)cc2c1.Cl. The molecule has 5 nitrogen and oxygen atoms in total. The zero-order valence-electron chi connectivity index (χ0n) is 10.5. The van der Waals surface area contributed by atoms with Gasteiger partial charge in [-0.2, -0.15) is 0 Å². The van der Waals surface area contributed by atoms with Crippen molar-refractivity contribution in [3.63, 3.8) is 0 Å². The Morgan fingerprint density at radius 1 is 1.37 bits per heavy atom. The third-order valence-electron chi connectivity index (χ3n) is 2.88. The number of aromatic nitrogens is 1. The Kier molecular flexibility index (Phi) is 4.69. The van der Waals surface area contributed by atoms with E-state index in [1.54, 1.807) is 6.07 Å². The minimum atomic E-state index is -0.839. The van der Waals surface area contributed by atoms with Gasteiger partial charge in [0.15, 0.2) is 0 Å². The molecule has 0 radical (unpaired) electrons. The van der Waals surface area contributed by atoms with Crippen molar-refractivity contribution in [1.82, 2.24) is 4.98 Å². The van der Waals surface area contributed by atoms with Crippen LogP contribution in [0.2, 0.25) is 0 Å². The van der Waals surface area contributed by atoms with E-state index in [9.17, 15) is 9.59 Å². The number of pyridine rings is 1. The summed E-state index contributed by atoms with van der Waals surface area (Å²) in [4.78, 5) is 25.5. The van der Waals surface area contributed by atoms with Crippen molar-refractivity contribution in [3.05, 3.63) is 45.7 Å². The summed E-state index contributed by atoms with van der Waals surface area (Å²) in [5.41, 5.74) is 12.8. The number of amides is 1. The highest BCUT2D eigenvalue weighted by molar-refractivity contribution is 5.85. The minimum absolute atomic E-state index is 0. The summed E-state index contributed by atoms with van der Waals surface area (Å²) < 4.78 is 0. The molecule has 1 aromatic heterocycles. The number of H-pyrrole nitrogens is 1. The maximum atomic E-state index is 11.8. The zero-order valence-corrected chi connectivity index (χ0v) is 11.3. The lowest BCUT2D eigenvalue weighted by Gasteiger charge is -2.08. The second kappa shape index (κ2) is 5.86. The number of primary amides is 1. The second-order valence-electron chi connectivity index (χ2n) is 4.43. The molecule has 0 spiro atoms. The van der Waals surface area contributed by atoms with Crippen molar-refractivity contribution >= 4 is 29.2 Å². The van der Waals surface area contributed by atoms with Gasteiger partial charge in [0, 0.05) is 17.5 Å². The zero-order chi connectivity index (χ0) is 13.3. The van der Waals surface area contributed by atoms with Crippen LogP contribution in [0.4, 0.5) is 0 Å². The number of halogens is 1. The first-order chi connectivity index (χ1) is 8.47. The Labute approximate surface area is 116 Å². The number of benzene rings is 1. The van der Waals surface area contributed by atoms with Crippen molar-refractivity contribution in [2.45, 2.75) is 19.4 Å². The first kappa shape index (κ1) is 15.2. The molecule has 1 aromatic carbocycles. The van der Waals surface area contributed by atoms with Gasteiger partial charge in [0.2, 0.25) is 5.91 Å². The largest absolute Gasteiger partial charge is 0.368 e. The lowest BCUT2D eigenvalue weighted by molar-refractivity contribution is -0.119. The van der Waals surface area contributed by atoms with Crippen LogP contribution in [-0.4, -0.2) is 16.9 Å². The maximum Gasteiger partial charge on any atom is 0.251 e. The molecule has 5 N–H and O–H groups in total. The van der Waals surface area contributed by atoms with Gasteiger partial charge in [-0.25, -0.2) is 0 Å². The third-order valence-corrected chi connectivity index (χ3v) is 2.88. The van der Waals surface area contributed by atoms with Crippen LogP contribution in [-0.2, 0) is 11.2 Å². The molecule has 2 rings (SSSR count). The molecule has 19 heavy (non-hydrogen) atoms. The molecule has 102 valence electrons. The Bertz CT molecular complexity index is 666. The predicted molar refractivity (Wildman–Crippen MR) is 77.4 cm³/mol. The van der Waals surface area contributed by atoms with Crippen LogP contribution in [0.15, 0.2) is 29.1 Å². The van der Waals surface area contributed by atoms with Gasteiger partial charge in [-0.3, -0.25) is 9.59 Å². The van der Waals surface area contributed by atoms with Gasteiger partial charge in [0.1, 0.15) is 0 Å². The number of rotatable bonds is 3. The van der Waals surface area contributed by atoms with Crippen LogP contribution >= 0.6 is 12.4 Å². The molecule has 1 heterocycles. The van der Waals surface area contributed by atoms with E-state index < -0.39 is 11.9 Å². The summed E-state index contributed by atoms with van der Waals surface area (Å²) >= 11 is 0. The molecule has 0 fully saturated rings. The fraction of sp³-hybridized carbons (Fsp3) is 0.231. The summed E-state index contributed by atoms with van der Waals surface area (Å²) in [5, 5.41) is 0.918. The lowest BCUT2D eigenvalue weighted by Crippen LogP contribution is -2.39. The molecule has 1 atom stereocenters. The number of carbonyl (C=O) groups is 1. The van der Waals surface area contributed by atoms with E-state index in [-0.39, 0.29) is 24.4 Å². The molecule has 6 heteroatoms. The van der Waals surface area contributed by atoms with Crippen LogP contribution in [0.25, 0.3) is 10.9 Å². The van der Waals surface area contributed by atoms with E-state index in [1.165, 1.54) is 0 Å². The molecule has 0 saturated heterocycles. The van der Waals surface area contributed by atoms with Gasteiger partial charge in [-0.1, -0.05) is 11.6 Å². The molecule has 0 aliphatic carbocycles. The van der Waals surface area contributed by atoms with E-state index in [1.807, 2.05) is 25.1 Å². The Morgan fingerprint density at radius 3 is 2.68 bits per heavy atom. The number of fused-ring (bicyclic) bond motifs is 1. The molecule has 0 bridgehead atoms. The fourth-order valence-electron chi connectivity index (χ4n) is 1.86. The smallest absolute Gasteiger partial charge is 0.251 e. The number of hydrogen-bond donors (Lipinski definition) is 3.